The van der Waals surface area contributed by atoms with Crippen LogP contribution in [0.15, 0.2) is 67.0 Å². The summed E-state index contributed by atoms with van der Waals surface area (Å²) in [6.45, 7) is 1.98. The SMILES string of the molecule is COc1cccc(C(=O)Oc2ccc(C)cc2)c1-c1cccnc1. The largest absolute Gasteiger partial charge is 0.496 e. The highest BCUT2D eigenvalue weighted by Gasteiger charge is 2.19. The number of nitrogens with zero attached hydrogens (tertiary/aromatic N) is 1. The normalized spacial score (nSPS) is 10.2. The first-order chi connectivity index (χ1) is 11.7. The van der Waals surface area contributed by atoms with E-state index in [0.717, 1.165) is 11.1 Å². The summed E-state index contributed by atoms with van der Waals surface area (Å²) in [7, 11) is 1.57. The maximum absolute atomic E-state index is 12.7. The van der Waals surface area contributed by atoms with E-state index in [4.69, 9.17) is 9.47 Å². The van der Waals surface area contributed by atoms with Crippen LogP contribution in [0.4, 0.5) is 0 Å². The summed E-state index contributed by atoms with van der Waals surface area (Å²) < 4.78 is 10.9. The number of carbonyl (C=O) groups is 1. The highest BCUT2D eigenvalue weighted by Crippen LogP contribution is 2.33. The number of methoxy groups -OCH3 is 1. The lowest BCUT2D eigenvalue weighted by atomic mass is 10.00. The molecule has 0 atom stereocenters. The van der Waals surface area contributed by atoms with E-state index >= 15 is 0 Å². The van der Waals surface area contributed by atoms with Crippen LogP contribution < -0.4 is 9.47 Å². The Labute approximate surface area is 140 Å². The van der Waals surface area contributed by atoms with E-state index in [2.05, 4.69) is 4.98 Å². The second-order valence-electron chi connectivity index (χ2n) is 5.33. The summed E-state index contributed by atoms with van der Waals surface area (Å²) in [5.74, 6) is 0.670. The molecule has 4 nitrogen and oxygen atoms in total. The van der Waals surface area contributed by atoms with Crippen molar-refractivity contribution in [2.75, 3.05) is 7.11 Å². The fourth-order valence-electron chi connectivity index (χ4n) is 2.45. The molecule has 0 aliphatic carbocycles. The first-order valence-electron chi connectivity index (χ1n) is 7.55. The van der Waals surface area contributed by atoms with Gasteiger partial charge in [0.15, 0.2) is 0 Å². The highest BCUT2D eigenvalue weighted by atomic mass is 16.5. The van der Waals surface area contributed by atoms with Crippen molar-refractivity contribution in [3.8, 4) is 22.6 Å². The number of pyridine rings is 1. The topological polar surface area (TPSA) is 48.4 Å². The van der Waals surface area contributed by atoms with Gasteiger partial charge in [0, 0.05) is 23.5 Å². The van der Waals surface area contributed by atoms with Gasteiger partial charge in [-0.15, -0.1) is 0 Å². The van der Waals surface area contributed by atoms with Gasteiger partial charge in [0.2, 0.25) is 0 Å². The van der Waals surface area contributed by atoms with Crippen LogP contribution in [-0.4, -0.2) is 18.1 Å². The fourth-order valence-corrected chi connectivity index (χ4v) is 2.45. The molecule has 2 aromatic carbocycles. The van der Waals surface area contributed by atoms with E-state index in [9.17, 15) is 4.79 Å². The van der Waals surface area contributed by atoms with Gasteiger partial charge in [-0.1, -0.05) is 29.8 Å². The minimum atomic E-state index is -0.434. The quantitative estimate of drug-likeness (QED) is 0.532. The van der Waals surface area contributed by atoms with E-state index in [0.29, 0.717) is 22.6 Å². The van der Waals surface area contributed by atoms with Crippen molar-refractivity contribution in [1.29, 1.82) is 0 Å². The summed E-state index contributed by atoms with van der Waals surface area (Å²) in [4.78, 5) is 16.8. The van der Waals surface area contributed by atoms with Crippen molar-refractivity contribution in [2.45, 2.75) is 6.92 Å². The highest BCUT2D eigenvalue weighted by molar-refractivity contribution is 6.00. The first-order valence-corrected chi connectivity index (χ1v) is 7.55. The number of hydrogen-bond acceptors (Lipinski definition) is 4. The Kier molecular flexibility index (Phi) is 4.57. The summed E-state index contributed by atoms with van der Waals surface area (Å²) >= 11 is 0. The molecular formula is C20H17NO3. The van der Waals surface area contributed by atoms with Crippen LogP contribution >= 0.6 is 0 Å². The van der Waals surface area contributed by atoms with E-state index in [1.807, 2.05) is 37.3 Å². The molecule has 0 radical (unpaired) electrons. The van der Waals surface area contributed by atoms with Crippen molar-refractivity contribution in [2.24, 2.45) is 0 Å². The molecule has 1 heterocycles. The van der Waals surface area contributed by atoms with Crippen LogP contribution in [0.25, 0.3) is 11.1 Å². The molecule has 1 aromatic heterocycles. The average molecular weight is 319 g/mol. The molecule has 0 bridgehead atoms. The number of ether oxygens (including phenoxy) is 2. The molecule has 0 saturated carbocycles. The lowest BCUT2D eigenvalue weighted by Crippen LogP contribution is -2.10. The summed E-state index contributed by atoms with van der Waals surface area (Å²) in [6, 6.07) is 16.3. The number of esters is 1. The molecule has 4 heteroatoms. The lowest BCUT2D eigenvalue weighted by Gasteiger charge is -2.13. The van der Waals surface area contributed by atoms with Gasteiger partial charge in [0.25, 0.3) is 0 Å². The molecule has 3 aromatic rings. The van der Waals surface area contributed by atoms with Crippen LogP contribution in [0.3, 0.4) is 0 Å². The Balaban J connectivity index is 2.01. The molecule has 0 N–H and O–H groups in total. The van der Waals surface area contributed by atoms with Crippen LogP contribution in [0.5, 0.6) is 11.5 Å². The second kappa shape index (κ2) is 6.96. The van der Waals surface area contributed by atoms with Gasteiger partial charge in [-0.25, -0.2) is 4.79 Å². The smallest absolute Gasteiger partial charge is 0.344 e. The molecule has 120 valence electrons. The summed E-state index contributed by atoms with van der Waals surface area (Å²) in [5, 5.41) is 0. The van der Waals surface area contributed by atoms with Gasteiger partial charge in [-0.2, -0.15) is 0 Å². The van der Waals surface area contributed by atoms with Gasteiger partial charge >= 0.3 is 5.97 Å². The maximum Gasteiger partial charge on any atom is 0.344 e. The predicted octanol–water partition coefficient (Wildman–Crippen LogP) is 4.28. The van der Waals surface area contributed by atoms with Crippen LogP contribution in [-0.2, 0) is 0 Å². The van der Waals surface area contributed by atoms with Crippen molar-refractivity contribution < 1.29 is 14.3 Å². The number of rotatable bonds is 4. The number of hydrogen-bond donors (Lipinski definition) is 0. The Bertz CT molecular complexity index is 843. The molecule has 3 rings (SSSR count). The van der Waals surface area contributed by atoms with E-state index in [1.54, 1.807) is 43.8 Å². The monoisotopic (exact) mass is 319 g/mol. The van der Waals surface area contributed by atoms with Crippen molar-refractivity contribution >= 4 is 5.97 Å². The Hall–Kier alpha value is -3.14. The standard InChI is InChI=1S/C20H17NO3/c1-14-8-10-16(11-9-14)24-20(22)17-6-3-7-18(23-2)19(17)15-5-4-12-21-13-15/h3-13H,1-2H3. The van der Waals surface area contributed by atoms with Gasteiger partial charge in [-0.3, -0.25) is 4.98 Å². The molecule has 0 unspecified atom stereocenters. The Morgan fingerprint density at radius 1 is 1.00 bits per heavy atom. The zero-order valence-corrected chi connectivity index (χ0v) is 13.5. The van der Waals surface area contributed by atoms with E-state index in [-0.39, 0.29) is 0 Å². The lowest BCUT2D eigenvalue weighted by molar-refractivity contribution is 0.0735. The number of carbonyl (C=O) groups excluding carboxylic acids is 1. The average Bonchev–Trinajstić information content (AvgIpc) is 2.63. The third kappa shape index (κ3) is 3.27. The number of benzene rings is 2. The van der Waals surface area contributed by atoms with Gasteiger partial charge < -0.3 is 9.47 Å². The van der Waals surface area contributed by atoms with Crippen molar-refractivity contribution in [1.82, 2.24) is 4.98 Å². The minimum absolute atomic E-state index is 0.433. The Morgan fingerprint density at radius 3 is 2.46 bits per heavy atom. The molecule has 0 spiro atoms. The Morgan fingerprint density at radius 2 is 1.79 bits per heavy atom. The van der Waals surface area contributed by atoms with E-state index in [1.165, 1.54) is 0 Å². The van der Waals surface area contributed by atoms with Gasteiger partial charge in [-0.05, 0) is 37.3 Å². The molecular weight excluding hydrogens is 302 g/mol. The molecule has 0 aliphatic heterocycles. The molecule has 0 fully saturated rings. The molecule has 24 heavy (non-hydrogen) atoms. The zero-order valence-electron chi connectivity index (χ0n) is 13.5. The van der Waals surface area contributed by atoms with Crippen molar-refractivity contribution in [3.63, 3.8) is 0 Å². The van der Waals surface area contributed by atoms with Gasteiger partial charge in [0.05, 0.1) is 12.7 Å². The van der Waals surface area contributed by atoms with Crippen LogP contribution in [0, 0.1) is 6.92 Å². The minimum Gasteiger partial charge on any atom is -0.496 e. The van der Waals surface area contributed by atoms with Crippen LogP contribution in [0.1, 0.15) is 15.9 Å². The third-order valence-electron chi connectivity index (χ3n) is 3.65. The van der Waals surface area contributed by atoms with E-state index < -0.39 is 5.97 Å². The van der Waals surface area contributed by atoms with Gasteiger partial charge in [0.1, 0.15) is 11.5 Å². The second-order valence-corrected chi connectivity index (χ2v) is 5.33. The molecule has 0 amide bonds. The fraction of sp³-hybridized carbons (Fsp3) is 0.100. The first kappa shape index (κ1) is 15.7. The number of aryl methyl sites for hydroxylation is 1. The molecule has 0 aliphatic rings. The molecule has 0 saturated heterocycles. The summed E-state index contributed by atoms with van der Waals surface area (Å²) in [5.41, 5.74) is 3.01. The predicted molar refractivity (Wildman–Crippen MR) is 92.4 cm³/mol. The maximum atomic E-state index is 12.7. The number of aromatic nitrogens is 1. The third-order valence-corrected chi connectivity index (χ3v) is 3.65. The summed E-state index contributed by atoms with van der Waals surface area (Å²) in [6.07, 6.45) is 3.38. The van der Waals surface area contributed by atoms with Crippen molar-refractivity contribution in [3.05, 3.63) is 78.1 Å². The van der Waals surface area contributed by atoms with Crippen LogP contribution in [0.2, 0.25) is 0 Å². The zero-order chi connectivity index (χ0) is 16.9.